The first kappa shape index (κ1) is 18.6. The van der Waals surface area contributed by atoms with Crippen molar-refractivity contribution in [2.75, 3.05) is 26.2 Å². The van der Waals surface area contributed by atoms with Crippen molar-refractivity contribution in [2.45, 2.75) is 31.7 Å². The van der Waals surface area contributed by atoms with Crippen LogP contribution in [0.25, 0.3) is 21.1 Å². The van der Waals surface area contributed by atoms with Gasteiger partial charge in [-0.1, -0.05) is 12.1 Å². The average molecular weight is 408 g/mol. The highest BCUT2D eigenvalue weighted by molar-refractivity contribution is 7.18. The molecule has 2 fully saturated rings. The number of hydrogen-bond acceptors (Lipinski definition) is 5. The van der Waals surface area contributed by atoms with Crippen LogP contribution in [0.1, 0.15) is 36.0 Å². The summed E-state index contributed by atoms with van der Waals surface area (Å²) in [6, 6.07) is 12.5. The summed E-state index contributed by atoms with van der Waals surface area (Å²) in [5.41, 5.74) is 1.90. The van der Waals surface area contributed by atoms with Crippen LogP contribution in [0.4, 0.5) is 0 Å². The van der Waals surface area contributed by atoms with Crippen LogP contribution in [-0.4, -0.2) is 52.9 Å². The summed E-state index contributed by atoms with van der Waals surface area (Å²) in [7, 11) is 0. The van der Waals surface area contributed by atoms with Crippen molar-refractivity contribution in [3.8, 4) is 21.1 Å². The molecular formula is C23H25N3O2S. The van der Waals surface area contributed by atoms with E-state index < -0.39 is 0 Å². The third-order valence-corrected chi connectivity index (χ3v) is 7.15. The Labute approximate surface area is 175 Å². The molecule has 1 amide bonds. The molecule has 2 aliphatic rings. The fraction of sp³-hybridized carbons (Fsp3) is 0.391. The van der Waals surface area contributed by atoms with Gasteiger partial charge in [0.2, 0.25) is 0 Å². The molecule has 3 aromatic rings. The largest absolute Gasteiger partial charge is 0.443 e. The smallest absolute Gasteiger partial charge is 0.254 e. The summed E-state index contributed by atoms with van der Waals surface area (Å²) >= 11 is 1.67. The molecule has 1 atom stereocenters. The number of hydrogen-bond donors (Lipinski definition) is 0. The summed E-state index contributed by atoms with van der Waals surface area (Å²) < 4.78 is 5.38. The van der Waals surface area contributed by atoms with E-state index in [1.807, 2.05) is 18.2 Å². The Morgan fingerprint density at radius 3 is 2.59 bits per heavy atom. The molecule has 5 rings (SSSR count). The molecule has 4 heterocycles. The average Bonchev–Trinajstić information content (AvgIpc) is 3.55. The first-order valence-electron chi connectivity index (χ1n) is 10.4. The number of likely N-dealkylation sites (tertiary alicyclic amines) is 2. The van der Waals surface area contributed by atoms with E-state index in [4.69, 9.17) is 4.42 Å². The van der Waals surface area contributed by atoms with E-state index in [1.165, 1.54) is 32.3 Å². The van der Waals surface area contributed by atoms with Crippen molar-refractivity contribution in [1.29, 1.82) is 0 Å². The van der Waals surface area contributed by atoms with Crippen molar-refractivity contribution in [3.05, 3.63) is 54.6 Å². The van der Waals surface area contributed by atoms with Crippen LogP contribution in [0, 0.1) is 0 Å². The number of aromatic nitrogens is 1. The molecular weight excluding hydrogens is 382 g/mol. The minimum absolute atomic E-state index is 0.173. The summed E-state index contributed by atoms with van der Waals surface area (Å²) in [5, 5.41) is 0. The Hall–Kier alpha value is -2.44. The topological polar surface area (TPSA) is 49.6 Å². The van der Waals surface area contributed by atoms with Crippen LogP contribution in [0.15, 0.2) is 53.4 Å². The first-order chi connectivity index (χ1) is 14.3. The van der Waals surface area contributed by atoms with E-state index in [-0.39, 0.29) is 5.91 Å². The summed E-state index contributed by atoms with van der Waals surface area (Å²) in [5.74, 6) is 0.956. The van der Waals surface area contributed by atoms with E-state index >= 15 is 0 Å². The van der Waals surface area contributed by atoms with Gasteiger partial charge in [0.25, 0.3) is 5.91 Å². The van der Waals surface area contributed by atoms with Crippen molar-refractivity contribution in [1.82, 2.24) is 14.8 Å². The predicted octanol–water partition coefficient (Wildman–Crippen LogP) is 4.77. The number of oxazole rings is 1. The van der Waals surface area contributed by atoms with Gasteiger partial charge in [0, 0.05) is 29.6 Å². The molecule has 0 aliphatic carbocycles. The fourth-order valence-corrected chi connectivity index (χ4v) is 5.43. The predicted molar refractivity (Wildman–Crippen MR) is 115 cm³/mol. The lowest BCUT2D eigenvalue weighted by atomic mass is 10.1. The highest BCUT2D eigenvalue weighted by atomic mass is 32.1. The number of carbonyl (C=O) groups excluding carboxylic acids is 1. The van der Waals surface area contributed by atoms with Gasteiger partial charge in [0.15, 0.2) is 12.2 Å². The highest BCUT2D eigenvalue weighted by Crippen LogP contribution is 2.34. The maximum absolute atomic E-state index is 13.1. The summed E-state index contributed by atoms with van der Waals surface area (Å²) in [6.07, 6.45) is 8.00. The van der Waals surface area contributed by atoms with Gasteiger partial charge < -0.3 is 14.2 Å². The van der Waals surface area contributed by atoms with Gasteiger partial charge in [-0.05, 0) is 68.6 Å². The highest BCUT2D eigenvalue weighted by Gasteiger charge is 2.31. The van der Waals surface area contributed by atoms with E-state index in [9.17, 15) is 4.79 Å². The Kier molecular flexibility index (Phi) is 5.21. The molecule has 0 radical (unpaired) electrons. The van der Waals surface area contributed by atoms with Crippen LogP contribution >= 0.6 is 11.3 Å². The molecule has 6 heteroatoms. The molecule has 0 saturated carbocycles. The van der Waals surface area contributed by atoms with Crippen LogP contribution < -0.4 is 0 Å². The zero-order valence-electron chi connectivity index (χ0n) is 16.4. The molecule has 1 aromatic carbocycles. The van der Waals surface area contributed by atoms with E-state index in [0.717, 1.165) is 52.6 Å². The minimum atomic E-state index is 0.173. The quantitative estimate of drug-likeness (QED) is 0.611. The number of rotatable bonds is 5. The molecule has 2 aromatic heterocycles. The monoisotopic (exact) mass is 407 g/mol. The van der Waals surface area contributed by atoms with Crippen molar-refractivity contribution in [2.24, 2.45) is 0 Å². The lowest BCUT2D eigenvalue weighted by molar-refractivity contribution is 0.0709. The third kappa shape index (κ3) is 3.87. The maximum atomic E-state index is 13.1. The molecule has 2 aliphatic heterocycles. The third-order valence-electron chi connectivity index (χ3n) is 6.00. The number of thiophene rings is 1. The Morgan fingerprint density at radius 1 is 1.03 bits per heavy atom. The van der Waals surface area contributed by atoms with Crippen LogP contribution in [-0.2, 0) is 0 Å². The molecule has 0 N–H and O–H groups in total. The number of nitrogens with zero attached hydrogens (tertiary/aromatic N) is 3. The molecule has 29 heavy (non-hydrogen) atoms. The normalized spacial score (nSPS) is 19.9. The Morgan fingerprint density at radius 2 is 1.83 bits per heavy atom. The van der Waals surface area contributed by atoms with Crippen molar-refractivity contribution in [3.63, 3.8) is 0 Å². The minimum Gasteiger partial charge on any atom is -0.443 e. The van der Waals surface area contributed by atoms with Gasteiger partial charge in [-0.3, -0.25) is 4.79 Å². The Bertz CT molecular complexity index is 958. The summed E-state index contributed by atoms with van der Waals surface area (Å²) in [4.78, 5) is 23.9. The van der Waals surface area contributed by atoms with E-state index in [1.54, 1.807) is 17.5 Å². The second kappa shape index (κ2) is 8.13. The number of benzene rings is 1. The molecule has 1 unspecified atom stereocenters. The van der Waals surface area contributed by atoms with Gasteiger partial charge in [0.1, 0.15) is 0 Å². The number of carbonyl (C=O) groups is 1. The lowest BCUT2D eigenvalue weighted by Gasteiger charge is -2.28. The van der Waals surface area contributed by atoms with Crippen LogP contribution in [0.3, 0.4) is 0 Å². The Balaban J connectivity index is 1.29. The van der Waals surface area contributed by atoms with Crippen molar-refractivity contribution >= 4 is 17.2 Å². The van der Waals surface area contributed by atoms with Gasteiger partial charge in [0.05, 0.1) is 11.1 Å². The maximum Gasteiger partial charge on any atom is 0.254 e. The molecule has 5 nitrogen and oxygen atoms in total. The zero-order chi connectivity index (χ0) is 19.6. The van der Waals surface area contributed by atoms with Gasteiger partial charge in [-0.15, -0.1) is 11.3 Å². The fourth-order valence-electron chi connectivity index (χ4n) is 4.46. The molecule has 0 bridgehead atoms. The second-order valence-electron chi connectivity index (χ2n) is 7.91. The standard InChI is InChI=1S/C23H25N3O2S/c27-23(26-13-3-4-19(26)15-25-11-1-2-12-25)18-7-5-17(6-8-18)21-9-10-22(29-21)20-14-24-16-28-20/h5-10,14,16,19H,1-4,11-13,15H2. The van der Waals surface area contributed by atoms with Crippen LogP contribution in [0.5, 0.6) is 0 Å². The SMILES string of the molecule is O=C(c1ccc(-c2ccc(-c3cnco3)s2)cc1)N1CCCC1CN1CCCC1. The lowest BCUT2D eigenvalue weighted by Crippen LogP contribution is -2.42. The van der Waals surface area contributed by atoms with Crippen molar-refractivity contribution < 1.29 is 9.21 Å². The molecule has 150 valence electrons. The van der Waals surface area contributed by atoms with Gasteiger partial charge in [-0.25, -0.2) is 4.98 Å². The zero-order valence-corrected chi connectivity index (χ0v) is 17.2. The first-order valence-corrected chi connectivity index (χ1v) is 11.2. The van der Waals surface area contributed by atoms with E-state index in [2.05, 4.69) is 33.0 Å². The summed E-state index contributed by atoms with van der Waals surface area (Å²) in [6.45, 7) is 4.28. The van der Waals surface area contributed by atoms with Gasteiger partial charge >= 0.3 is 0 Å². The second-order valence-corrected chi connectivity index (χ2v) is 8.99. The van der Waals surface area contributed by atoms with Gasteiger partial charge in [-0.2, -0.15) is 0 Å². The van der Waals surface area contributed by atoms with E-state index in [0.29, 0.717) is 6.04 Å². The van der Waals surface area contributed by atoms with Crippen LogP contribution in [0.2, 0.25) is 0 Å². The number of amides is 1. The molecule has 0 spiro atoms. The molecule has 2 saturated heterocycles.